The third-order valence-corrected chi connectivity index (χ3v) is 2.23. The van der Waals surface area contributed by atoms with Crippen LogP contribution in [0.3, 0.4) is 0 Å². The summed E-state index contributed by atoms with van der Waals surface area (Å²) in [4.78, 5) is 11.1. The Labute approximate surface area is 108 Å². The van der Waals surface area contributed by atoms with Crippen molar-refractivity contribution in [1.82, 2.24) is 5.32 Å². The standard InChI is InChI=1S/C12H18N2O2.ClH/c1-3-16-11-6-4-5-10(7-11)9(2)14-12(15)8-13;/h4-7,9H,3,8,13H2,1-2H3,(H,14,15);1H. The van der Waals surface area contributed by atoms with Gasteiger partial charge in [0.15, 0.2) is 0 Å². The summed E-state index contributed by atoms with van der Waals surface area (Å²) in [6, 6.07) is 7.61. The summed E-state index contributed by atoms with van der Waals surface area (Å²) >= 11 is 0. The van der Waals surface area contributed by atoms with Crippen LogP contribution in [0.2, 0.25) is 0 Å². The highest BCUT2D eigenvalue weighted by Gasteiger charge is 2.08. The largest absolute Gasteiger partial charge is 0.494 e. The molecule has 1 atom stereocenters. The summed E-state index contributed by atoms with van der Waals surface area (Å²) in [5, 5.41) is 2.80. The molecule has 0 radical (unpaired) electrons. The van der Waals surface area contributed by atoms with E-state index < -0.39 is 0 Å². The van der Waals surface area contributed by atoms with Crippen molar-refractivity contribution in [2.45, 2.75) is 19.9 Å². The third-order valence-electron chi connectivity index (χ3n) is 2.23. The van der Waals surface area contributed by atoms with E-state index in [-0.39, 0.29) is 30.9 Å². The number of rotatable bonds is 5. The van der Waals surface area contributed by atoms with Gasteiger partial charge in [-0.05, 0) is 31.5 Å². The summed E-state index contributed by atoms with van der Waals surface area (Å²) in [5.41, 5.74) is 6.25. The van der Waals surface area contributed by atoms with E-state index in [1.807, 2.05) is 38.1 Å². The average molecular weight is 259 g/mol. The lowest BCUT2D eigenvalue weighted by molar-refractivity contribution is -0.120. The van der Waals surface area contributed by atoms with Gasteiger partial charge >= 0.3 is 0 Å². The number of nitrogens with one attached hydrogen (secondary N) is 1. The Morgan fingerprint density at radius 1 is 1.53 bits per heavy atom. The minimum Gasteiger partial charge on any atom is -0.494 e. The first-order valence-electron chi connectivity index (χ1n) is 5.39. The summed E-state index contributed by atoms with van der Waals surface area (Å²) in [5.74, 6) is 0.656. The predicted octanol–water partition coefficient (Wildman–Crippen LogP) is 1.64. The Bertz CT molecular complexity index is 358. The van der Waals surface area contributed by atoms with Crippen LogP contribution < -0.4 is 15.8 Å². The molecule has 0 aliphatic rings. The summed E-state index contributed by atoms with van der Waals surface area (Å²) in [6.45, 7) is 4.49. The zero-order valence-electron chi connectivity index (χ0n) is 10.1. The van der Waals surface area contributed by atoms with Gasteiger partial charge in [-0.3, -0.25) is 4.79 Å². The fraction of sp³-hybridized carbons (Fsp3) is 0.417. The van der Waals surface area contributed by atoms with Gasteiger partial charge in [0.2, 0.25) is 5.91 Å². The molecular weight excluding hydrogens is 240 g/mol. The zero-order valence-corrected chi connectivity index (χ0v) is 10.9. The van der Waals surface area contributed by atoms with Crippen LogP contribution in [0.25, 0.3) is 0 Å². The monoisotopic (exact) mass is 258 g/mol. The molecule has 5 heteroatoms. The van der Waals surface area contributed by atoms with Gasteiger partial charge in [-0.25, -0.2) is 0 Å². The molecule has 4 nitrogen and oxygen atoms in total. The van der Waals surface area contributed by atoms with Crippen molar-refractivity contribution in [2.24, 2.45) is 5.73 Å². The van der Waals surface area contributed by atoms with E-state index >= 15 is 0 Å². The molecule has 0 saturated carbocycles. The Morgan fingerprint density at radius 3 is 2.82 bits per heavy atom. The maximum absolute atomic E-state index is 11.1. The first-order chi connectivity index (χ1) is 7.67. The summed E-state index contributed by atoms with van der Waals surface area (Å²) in [6.07, 6.45) is 0. The normalized spacial score (nSPS) is 11.2. The molecule has 0 aliphatic heterocycles. The number of hydrogen-bond donors (Lipinski definition) is 2. The van der Waals surface area contributed by atoms with Gasteiger partial charge < -0.3 is 15.8 Å². The van der Waals surface area contributed by atoms with Crippen LogP contribution in [-0.2, 0) is 4.79 Å². The minimum atomic E-state index is -0.158. The van der Waals surface area contributed by atoms with E-state index in [0.29, 0.717) is 6.61 Å². The smallest absolute Gasteiger partial charge is 0.234 e. The van der Waals surface area contributed by atoms with Crippen LogP contribution in [-0.4, -0.2) is 19.1 Å². The number of nitrogens with two attached hydrogens (primary N) is 1. The molecule has 0 aromatic heterocycles. The molecule has 0 aliphatic carbocycles. The SMILES string of the molecule is CCOc1cccc(C(C)NC(=O)CN)c1.Cl. The molecule has 17 heavy (non-hydrogen) atoms. The topological polar surface area (TPSA) is 64.3 Å². The number of hydrogen-bond acceptors (Lipinski definition) is 3. The molecule has 1 amide bonds. The highest BCUT2D eigenvalue weighted by Crippen LogP contribution is 2.18. The second-order valence-electron chi connectivity index (χ2n) is 3.50. The van der Waals surface area contributed by atoms with Crippen LogP contribution in [0.4, 0.5) is 0 Å². The van der Waals surface area contributed by atoms with Crippen molar-refractivity contribution in [1.29, 1.82) is 0 Å². The maximum Gasteiger partial charge on any atom is 0.234 e. The maximum atomic E-state index is 11.1. The fourth-order valence-corrected chi connectivity index (χ4v) is 1.42. The van der Waals surface area contributed by atoms with Gasteiger partial charge in [-0.1, -0.05) is 12.1 Å². The molecule has 1 aromatic carbocycles. The average Bonchev–Trinajstić information content (AvgIpc) is 2.29. The van der Waals surface area contributed by atoms with Crippen molar-refractivity contribution in [3.63, 3.8) is 0 Å². The van der Waals surface area contributed by atoms with E-state index in [9.17, 15) is 4.79 Å². The molecule has 1 rings (SSSR count). The Morgan fingerprint density at radius 2 is 2.24 bits per heavy atom. The lowest BCUT2D eigenvalue weighted by Crippen LogP contribution is -2.32. The van der Waals surface area contributed by atoms with E-state index in [2.05, 4.69) is 5.32 Å². The molecular formula is C12H19ClN2O2. The summed E-state index contributed by atoms with van der Waals surface area (Å²) < 4.78 is 5.39. The molecule has 0 bridgehead atoms. The van der Waals surface area contributed by atoms with Crippen LogP contribution in [0, 0.1) is 0 Å². The number of carbonyl (C=O) groups is 1. The van der Waals surface area contributed by atoms with Crippen molar-refractivity contribution in [3.8, 4) is 5.75 Å². The lowest BCUT2D eigenvalue weighted by Gasteiger charge is -2.14. The van der Waals surface area contributed by atoms with Crippen molar-refractivity contribution >= 4 is 18.3 Å². The first-order valence-corrected chi connectivity index (χ1v) is 5.39. The van der Waals surface area contributed by atoms with Crippen LogP contribution in [0.1, 0.15) is 25.5 Å². The zero-order chi connectivity index (χ0) is 12.0. The van der Waals surface area contributed by atoms with Gasteiger partial charge in [0.1, 0.15) is 5.75 Å². The van der Waals surface area contributed by atoms with Crippen molar-refractivity contribution < 1.29 is 9.53 Å². The molecule has 96 valence electrons. The highest BCUT2D eigenvalue weighted by atomic mass is 35.5. The predicted molar refractivity (Wildman–Crippen MR) is 70.5 cm³/mol. The number of benzene rings is 1. The van der Waals surface area contributed by atoms with Crippen LogP contribution in [0.5, 0.6) is 5.75 Å². The van der Waals surface area contributed by atoms with Crippen molar-refractivity contribution in [2.75, 3.05) is 13.2 Å². The van der Waals surface area contributed by atoms with Crippen molar-refractivity contribution in [3.05, 3.63) is 29.8 Å². The fourth-order valence-electron chi connectivity index (χ4n) is 1.42. The van der Waals surface area contributed by atoms with Crippen LogP contribution >= 0.6 is 12.4 Å². The molecule has 1 aromatic rings. The van der Waals surface area contributed by atoms with Gasteiger partial charge in [0.25, 0.3) is 0 Å². The molecule has 1 unspecified atom stereocenters. The molecule has 0 heterocycles. The van der Waals surface area contributed by atoms with E-state index in [1.165, 1.54) is 0 Å². The lowest BCUT2D eigenvalue weighted by atomic mass is 10.1. The molecule has 0 saturated heterocycles. The Hall–Kier alpha value is -1.26. The number of carbonyl (C=O) groups excluding carboxylic acids is 1. The second kappa shape index (κ2) is 7.92. The van der Waals surface area contributed by atoms with Crippen LogP contribution in [0.15, 0.2) is 24.3 Å². The Balaban J connectivity index is 0.00000256. The van der Waals surface area contributed by atoms with Gasteiger partial charge in [0, 0.05) is 0 Å². The highest BCUT2D eigenvalue weighted by molar-refractivity contribution is 5.85. The van der Waals surface area contributed by atoms with Gasteiger partial charge in [-0.2, -0.15) is 0 Å². The number of amides is 1. The van der Waals surface area contributed by atoms with Gasteiger partial charge in [0.05, 0.1) is 19.2 Å². The minimum absolute atomic E-state index is 0. The van der Waals surface area contributed by atoms with E-state index in [1.54, 1.807) is 0 Å². The van der Waals surface area contributed by atoms with E-state index in [0.717, 1.165) is 11.3 Å². The number of ether oxygens (including phenoxy) is 1. The molecule has 3 N–H and O–H groups in total. The van der Waals surface area contributed by atoms with E-state index in [4.69, 9.17) is 10.5 Å². The first kappa shape index (κ1) is 15.7. The second-order valence-corrected chi connectivity index (χ2v) is 3.50. The molecule has 0 spiro atoms. The Kier molecular flexibility index (Phi) is 7.34. The third kappa shape index (κ3) is 5.06. The summed E-state index contributed by atoms with van der Waals surface area (Å²) in [7, 11) is 0. The molecule has 0 fully saturated rings. The quantitative estimate of drug-likeness (QED) is 0.844. The van der Waals surface area contributed by atoms with Gasteiger partial charge in [-0.15, -0.1) is 12.4 Å². The number of halogens is 1.